The molecule has 0 aliphatic carbocycles. The summed E-state index contributed by atoms with van der Waals surface area (Å²) in [6.45, 7) is 5.52. The molecule has 0 radical (unpaired) electrons. The molecule has 25 heavy (non-hydrogen) atoms. The van der Waals surface area contributed by atoms with Gasteiger partial charge in [0.1, 0.15) is 6.10 Å². The summed E-state index contributed by atoms with van der Waals surface area (Å²) in [6, 6.07) is 11.9. The van der Waals surface area contributed by atoms with Gasteiger partial charge in [0.15, 0.2) is 17.5 Å². The van der Waals surface area contributed by atoms with Gasteiger partial charge in [0.25, 0.3) is 0 Å². The number of thiophene rings is 1. The fourth-order valence-corrected chi connectivity index (χ4v) is 3.02. The molecule has 1 heterocycles. The van der Waals surface area contributed by atoms with Crippen molar-refractivity contribution in [3.8, 4) is 11.5 Å². The summed E-state index contributed by atoms with van der Waals surface area (Å²) >= 11 is 1.79. The van der Waals surface area contributed by atoms with Crippen molar-refractivity contribution in [2.24, 2.45) is 4.99 Å². The van der Waals surface area contributed by atoms with Crippen LogP contribution in [0.2, 0.25) is 0 Å². The molecule has 7 heteroatoms. The summed E-state index contributed by atoms with van der Waals surface area (Å²) < 4.78 is 11.2. The number of aliphatic imine (C=N–C) groups is 1. The number of hydrogen-bond acceptors (Lipinski definition) is 4. The van der Waals surface area contributed by atoms with Gasteiger partial charge in [-0.05, 0) is 38.1 Å². The number of guanidine groups is 1. The van der Waals surface area contributed by atoms with Crippen LogP contribution in [0.5, 0.6) is 11.5 Å². The van der Waals surface area contributed by atoms with E-state index in [1.165, 1.54) is 9.75 Å². The average Bonchev–Trinajstić information content (AvgIpc) is 3.01. The Labute approximate surface area is 170 Å². The van der Waals surface area contributed by atoms with E-state index in [9.17, 15) is 0 Å². The molecule has 1 aromatic heterocycles. The Kier molecular flexibility index (Phi) is 9.66. The van der Waals surface area contributed by atoms with Crippen molar-refractivity contribution < 1.29 is 9.47 Å². The zero-order valence-corrected chi connectivity index (χ0v) is 18.2. The molecule has 0 aliphatic heterocycles. The van der Waals surface area contributed by atoms with Gasteiger partial charge in [-0.3, -0.25) is 4.99 Å². The first-order valence-electron chi connectivity index (χ1n) is 7.92. The molecule has 0 aliphatic rings. The summed E-state index contributed by atoms with van der Waals surface area (Å²) in [5.41, 5.74) is 0. The topological polar surface area (TPSA) is 54.9 Å². The number of nitrogens with one attached hydrogen (secondary N) is 2. The number of hydrogen-bond donors (Lipinski definition) is 2. The Hall–Kier alpha value is -1.48. The fourth-order valence-electron chi connectivity index (χ4n) is 2.19. The van der Waals surface area contributed by atoms with Gasteiger partial charge in [0.2, 0.25) is 0 Å². The molecular formula is C18H26IN3O2S. The lowest BCUT2D eigenvalue weighted by atomic mass is 10.3. The first-order chi connectivity index (χ1) is 11.6. The number of methoxy groups -OCH3 is 1. The molecular weight excluding hydrogens is 449 g/mol. The Balaban J connectivity index is 0.00000312. The third kappa shape index (κ3) is 7.11. The summed E-state index contributed by atoms with van der Waals surface area (Å²) in [5.74, 6) is 2.24. The van der Waals surface area contributed by atoms with Gasteiger partial charge < -0.3 is 20.1 Å². The van der Waals surface area contributed by atoms with Crippen LogP contribution in [-0.4, -0.2) is 32.8 Å². The van der Waals surface area contributed by atoms with Crippen LogP contribution in [0.15, 0.2) is 41.4 Å². The normalized spacial score (nSPS) is 12.1. The number of halogens is 1. The van der Waals surface area contributed by atoms with Crippen LogP contribution in [0.1, 0.15) is 16.7 Å². The maximum Gasteiger partial charge on any atom is 0.191 e. The number of ether oxygens (including phenoxy) is 2. The highest BCUT2D eigenvalue weighted by Crippen LogP contribution is 2.26. The molecule has 2 aromatic rings. The lowest BCUT2D eigenvalue weighted by molar-refractivity contribution is 0.213. The number of benzene rings is 1. The van der Waals surface area contributed by atoms with E-state index in [-0.39, 0.29) is 30.1 Å². The second kappa shape index (κ2) is 11.2. The van der Waals surface area contributed by atoms with Crippen LogP contribution in [-0.2, 0) is 6.54 Å². The molecule has 1 unspecified atom stereocenters. The van der Waals surface area contributed by atoms with Crippen molar-refractivity contribution in [3.63, 3.8) is 0 Å². The van der Waals surface area contributed by atoms with Gasteiger partial charge in [0, 0.05) is 16.8 Å². The van der Waals surface area contributed by atoms with Gasteiger partial charge in [-0.2, -0.15) is 0 Å². The van der Waals surface area contributed by atoms with E-state index in [4.69, 9.17) is 9.47 Å². The van der Waals surface area contributed by atoms with E-state index in [0.29, 0.717) is 6.54 Å². The molecule has 0 spiro atoms. The number of rotatable bonds is 7. The summed E-state index contributed by atoms with van der Waals surface area (Å²) in [6.07, 6.45) is -0.0242. The predicted molar refractivity (Wildman–Crippen MR) is 116 cm³/mol. The molecule has 138 valence electrons. The molecule has 1 aromatic carbocycles. The van der Waals surface area contributed by atoms with Crippen LogP contribution in [0.3, 0.4) is 0 Å². The number of nitrogens with zero attached hydrogens (tertiary/aromatic N) is 1. The van der Waals surface area contributed by atoms with E-state index >= 15 is 0 Å². The third-order valence-electron chi connectivity index (χ3n) is 3.40. The molecule has 0 fully saturated rings. The van der Waals surface area contributed by atoms with Gasteiger partial charge in [-0.15, -0.1) is 35.3 Å². The van der Waals surface area contributed by atoms with Gasteiger partial charge >= 0.3 is 0 Å². The second-order valence-corrected chi connectivity index (χ2v) is 6.77. The van der Waals surface area contributed by atoms with Gasteiger partial charge in [-0.25, -0.2) is 0 Å². The Morgan fingerprint density at radius 1 is 1.16 bits per heavy atom. The Bertz CT molecular complexity index is 676. The van der Waals surface area contributed by atoms with Crippen molar-refractivity contribution in [2.45, 2.75) is 26.5 Å². The summed E-state index contributed by atoms with van der Waals surface area (Å²) in [4.78, 5) is 6.84. The highest BCUT2D eigenvalue weighted by atomic mass is 127. The number of aryl methyl sites for hydroxylation is 1. The van der Waals surface area contributed by atoms with Crippen molar-refractivity contribution in [1.82, 2.24) is 10.6 Å². The van der Waals surface area contributed by atoms with Crippen LogP contribution >= 0.6 is 35.3 Å². The third-order valence-corrected chi connectivity index (χ3v) is 4.40. The van der Waals surface area contributed by atoms with Crippen molar-refractivity contribution in [3.05, 3.63) is 46.2 Å². The van der Waals surface area contributed by atoms with E-state index < -0.39 is 0 Å². The smallest absolute Gasteiger partial charge is 0.191 e. The monoisotopic (exact) mass is 475 g/mol. The van der Waals surface area contributed by atoms with Crippen LogP contribution in [0.4, 0.5) is 0 Å². The fraction of sp³-hybridized carbons (Fsp3) is 0.389. The Morgan fingerprint density at radius 3 is 2.48 bits per heavy atom. The molecule has 2 N–H and O–H groups in total. The zero-order valence-electron chi connectivity index (χ0n) is 15.0. The average molecular weight is 475 g/mol. The van der Waals surface area contributed by atoms with E-state index in [2.05, 4.69) is 34.7 Å². The van der Waals surface area contributed by atoms with E-state index in [1.807, 2.05) is 31.2 Å². The maximum atomic E-state index is 5.93. The van der Waals surface area contributed by atoms with Crippen LogP contribution in [0, 0.1) is 6.92 Å². The summed E-state index contributed by atoms with van der Waals surface area (Å²) in [5, 5.41) is 6.59. The first kappa shape index (κ1) is 21.6. The highest BCUT2D eigenvalue weighted by Gasteiger charge is 2.09. The minimum atomic E-state index is -0.0242. The van der Waals surface area contributed by atoms with Crippen molar-refractivity contribution in [1.29, 1.82) is 0 Å². The SMILES string of the molecule is CN=C(NCc1ccc(C)s1)NCC(C)Oc1ccccc1OC.I. The summed E-state index contributed by atoms with van der Waals surface area (Å²) in [7, 11) is 3.41. The van der Waals surface area contributed by atoms with Crippen molar-refractivity contribution in [2.75, 3.05) is 20.7 Å². The Morgan fingerprint density at radius 2 is 1.88 bits per heavy atom. The minimum absolute atomic E-state index is 0. The zero-order chi connectivity index (χ0) is 17.4. The quantitative estimate of drug-likeness (QED) is 0.363. The maximum absolute atomic E-state index is 5.93. The predicted octanol–water partition coefficient (Wildman–Crippen LogP) is 3.82. The highest BCUT2D eigenvalue weighted by molar-refractivity contribution is 14.0. The van der Waals surface area contributed by atoms with Crippen LogP contribution < -0.4 is 20.1 Å². The van der Waals surface area contributed by atoms with Crippen LogP contribution in [0.25, 0.3) is 0 Å². The van der Waals surface area contributed by atoms with Gasteiger partial charge in [-0.1, -0.05) is 12.1 Å². The minimum Gasteiger partial charge on any atom is -0.493 e. The first-order valence-corrected chi connectivity index (χ1v) is 8.73. The molecule has 1 atom stereocenters. The van der Waals surface area contributed by atoms with Crippen molar-refractivity contribution >= 4 is 41.3 Å². The molecule has 5 nitrogen and oxygen atoms in total. The lowest BCUT2D eigenvalue weighted by Crippen LogP contribution is -2.41. The lowest BCUT2D eigenvalue weighted by Gasteiger charge is -2.18. The van der Waals surface area contributed by atoms with E-state index in [0.717, 1.165) is 24.0 Å². The molecule has 2 rings (SSSR count). The number of para-hydroxylation sites is 2. The molecule has 0 bridgehead atoms. The van der Waals surface area contributed by atoms with E-state index in [1.54, 1.807) is 25.5 Å². The molecule has 0 saturated heterocycles. The second-order valence-electron chi connectivity index (χ2n) is 5.40. The standard InChI is InChI=1S/C18H25N3O2S.HI/c1-13(23-17-8-6-5-7-16(17)22-4)11-20-18(19-3)21-12-15-10-9-14(2)24-15;/h5-10,13H,11-12H2,1-4H3,(H2,19,20,21);1H. The molecule has 0 amide bonds. The largest absolute Gasteiger partial charge is 0.493 e. The molecule has 0 saturated carbocycles. The van der Waals surface area contributed by atoms with Gasteiger partial charge in [0.05, 0.1) is 20.2 Å².